The van der Waals surface area contributed by atoms with Gasteiger partial charge in [0.15, 0.2) is 11.5 Å². The molecule has 0 spiro atoms. The number of esters is 2. The predicted molar refractivity (Wildman–Crippen MR) is 177 cm³/mol. The van der Waals surface area contributed by atoms with Crippen LogP contribution in [0.25, 0.3) is 6.08 Å². The molecule has 240 valence electrons. The van der Waals surface area contributed by atoms with Crippen LogP contribution in [0.2, 0.25) is 0 Å². The second-order valence-corrected chi connectivity index (χ2v) is 14.6. The highest BCUT2D eigenvalue weighted by molar-refractivity contribution is 7.93. The number of likely N-dealkylation sites (N-methyl/N-ethyl adjacent to an activating group) is 1. The number of carbonyl (C=O) groups excluding carboxylic acids is 4. The molecular weight excluding hydrogens is 608 g/mol. The summed E-state index contributed by atoms with van der Waals surface area (Å²) in [5, 5.41) is 16.0. The van der Waals surface area contributed by atoms with Crippen LogP contribution < -0.4 is 19.7 Å². The first-order chi connectivity index (χ1) is 21.5. The minimum absolute atomic E-state index is 0.0450. The summed E-state index contributed by atoms with van der Waals surface area (Å²) in [6.07, 6.45) is 6.99. The number of carbonyl (C=O) groups is 4. The van der Waals surface area contributed by atoms with Gasteiger partial charge < -0.3 is 19.9 Å². The summed E-state index contributed by atoms with van der Waals surface area (Å²) in [6, 6.07) is 5.82. The summed E-state index contributed by atoms with van der Waals surface area (Å²) in [5.74, 6) is -2.74. The average Bonchev–Trinajstić information content (AvgIpc) is 3.46. The number of aromatic hydroxyl groups is 1. The van der Waals surface area contributed by atoms with Gasteiger partial charge in [0.25, 0.3) is 5.91 Å². The van der Waals surface area contributed by atoms with Crippen molar-refractivity contribution in [3.05, 3.63) is 81.3 Å². The lowest BCUT2D eigenvalue weighted by atomic mass is 9.78. The first-order valence-electron chi connectivity index (χ1n) is 14.5. The van der Waals surface area contributed by atoms with E-state index >= 15 is 0 Å². The molecule has 1 fully saturated rings. The van der Waals surface area contributed by atoms with Gasteiger partial charge in [-0.3, -0.25) is 14.5 Å². The molecule has 11 nitrogen and oxygen atoms in total. The molecule has 0 aromatic heterocycles. The second-order valence-electron chi connectivity index (χ2n) is 13.1. The number of phenols is 1. The van der Waals surface area contributed by atoms with Crippen molar-refractivity contribution in [3.8, 4) is 17.2 Å². The summed E-state index contributed by atoms with van der Waals surface area (Å²) in [7, 11) is 0.636. The lowest BCUT2D eigenvalue weighted by molar-refractivity contribution is -0.133. The fourth-order valence-electron chi connectivity index (χ4n) is 5.19. The van der Waals surface area contributed by atoms with E-state index in [1.807, 2.05) is 47.6 Å². The van der Waals surface area contributed by atoms with E-state index in [0.29, 0.717) is 16.7 Å². The summed E-state index contributed by atoms with van der Waals surface area (Å²) < 4.78 is 19.2. The van der Waals surface area contributed by atoms with Gasteiger partial charge in [-0.2, -0.15) is 0 Å². The normalized spacial score (nSPS) is 19.9. The second kappa shape index (κ2) is 11.8. The van der Waals surface area contributed by atoms with Crippen molar-refractivity contribution in [1.82, 2.24) is 4.90 Å². The number of amides is 3. The third-order valence-electron chi connectivity index (χ3n) is 7.64. The zero-order valence-electron chi connectivity index (χ0n) is 26.7. The van der Waals surface area contributed by atoms with Crippen molar-refractivity contribution in [2.75, 3.05) is 23.8 Å². The van der Waals surface area contributed by atoms with Crippen LogP contribution >= 0.6 is 0 Å². The van der Waals surface area contributed by atoms with Gasteiger partial charge in [0.1, 0.15) is 17.1 Å². The summed E-state index contributed by atoms with van der Waals surface area (Å²) >= 11 is 0. The highest BCUT2D eigenvalue weighted by Crippen LogP contribution is 2.47. The molecule has 2 aromatic carbocycles. The van der Waals surface area contributed by atoms with E-state index in [9.17, 15) is 24.3 Å². The number of nitrogens with one attached hydrogen (secondary N) is 2. The average molecular weight is 645 g/mol. The highest BCUT2D eigenvalue weighted by Gasteiger charge is 2.43. The summed E-state index contributed by atoms with van der Waals surface area (Å²) in [5.41, 5.74) is 1.37. The number of nitrogens with zero attached hydrogens (tertiary/aromatic N) is 2. The number of hydrogen-bond donors (Lipinski definition) is 3. The van der Waals surface area contributed by atoms with Crippen molar-refractivity contribution in [1.29, 1.82) is 4.78 Å². The highest BCUT2D eigenvalue weighted by atomic mass is 32.2. The molecule has 3 aliphatic rings. The molecule has 2 aromatic rings. The molecule has 0 radical (unpaired) electrons. The van der Waals surface area contributed by atoms with Gasteiger partial charge in [-0.25, -0.2) is 19.3 Å². The van der Waals surface area contributed by atoms with E-state index in [0.717, 1.165) is 22.0 Å². The quantitative estimate of drug-likeness (QED) is 0.155. The van der Waals surface area contributed by atoms with E-state index in [1.165, 1.54) is 24.1 Å². The number of urea groups is 1. The van der Waals surface area contributed by atoms with Crippen LogP contribution in [-0.4, -0.2) is 47.5 Å². The molecule has 5 rings (SSSR count). The Hall–Kier alpha value is -4.97. The maximum absolute atomic E-state index is 14.0. The molecule has 1 saturated heterocycles. The van der Waals surface area contributed by atoms with E-state index in [2.05, 4.69) is 5.32 Å². The van der Waals surface area contributed by atoms with Crippen molar-refractivity contribution >= 4 is 52.0 Å². The first kappa shape index (κ1) is 32.4. The molecule has 12 heteroatoms. The Morgan fingerprint density at radius 3 is 2.07 bits per heavy atom. The zero-order chi connectivity index (χ0) is 33.7. The van der Waals surface area contributed by atoms with Gasteiger partial charge in [0.05, 0.1) is 5.69 Å². The molecule has 3 amide bonds. The maximum atomic E-state index is 14.0. The Labute approximate surface area is 269 Å². The Kier molecular flexibility index (Phi) is 8.28. The number of phenolic OH excluding ortho intramolecular Hbond substituents is 1. The van der Waals surface area contributed by atoms with Crippen LogP contribution in [0.15, 0.2) is 64.6 Å². The van der Waals surface area contributed by atoms with E-state index in [4.69, 9.17) is 14.3 Å². The van der Waals surface area contributed by atoms with Crippen LogP contribution in [0.3, 0.4) is 0 Å². The molecule has 1 unspecified atom stereocenters. The summed E-state index contributed by atoms with van der Waals surface area (Å²) in [6.45, 7) is 12.1. The number of benzene rings is 2. The zero-order valence-corrected chi connectivity index (χ0v) is 27.5. The maximum Gasteiger partial charge on any atom is 0.336 e. The molecule has 0 aliphatic carbocycles. The van der Waals surface area contributed by atoms with Gasteiger partial charge in [-0.1, -0.05) is 58.3 Å². The fraction of sp³-hybridized carbons (Fsp3) is 0.294. The van der Waals surface area contributed by atoms with Crippen molar-refractivity contribution < 1.29 is 33.8 Å². The number of rotatable bonds is 5. The van der Waals surface area contributed by atoms with Gasteiger partial charge in [0, 0.05) is 41.8 Å². The van der Waals surface area contributed by atoms with Crippen molar-refractivity contribution in [3.63, 3.8) is 0 Å². The van der Waals surface area contributed by atoms with Crippen LogP contribution in [0.1, 0.15) is 58.2 Å². The number of fused-ring (bicyclic) bond motifs is 1. The van der Waals surface area contributed by atoms with Crippen LogP contribution in [0, 0.1) is 4.78 Å². The van der Waals surface area contributed by atoms with Gasteiger partial charge in [0.2, 0.25) is 0 Å². The smallest absolute Gasteiger partial charge is 0.336 e. The van der Waals surface area contributed by atoms with Gasteiger partial charge in [-0.15, -0.1) is 0 Å². The summed E-state index contributed by atoms with van der Waals surface area (Å²) in [4.78, 5) is 55.6. The number of imide groups is 1. The number of anilines is 2. The molecule has 3 aliphatic heterocycles. The van der Waals surface area contributed by atoms with Crippen LogP contribution in [-0.2, 0) is 35.9 Å². The minimum atomic E-state index is -0.900. The lowest BCUT2D eigenvalue weighted by Crippen LogP contribution is -2.32. The Bertz CT molecular complexity index is 1810. The van der Waals surface area contributed by atoms with E-state index < -0.39 is 45.4 Å². The van der Waals surface area contributed by atoms with Crippen LogP contribution in [0.5, 0.6) is 17.2 Å². The standard InChI is InChI=1S/C34H36N4O7S/c1-33(2,3)21-15-19(16-22(28(21)41)34(4,5)6)17-25-31(42)38(32(43)37(25)7)24-11-10-23(36-18-20-9-8-14-46(20)35)29-30(24)45-27(40)13-12-26(39)44-29/h8-17,35-36,41H,18H2,1-7H3/b13-12+,25-17+. The number of hydrogen-bond acceptors (Lipinski definition) is 9. The monoisotopic (exact) mass is 644 g/mol. The lowest BCUT2D eigenvalue weighted by Gasteiger charge is -2.28. The van der Waals surface area contributed by atoms with Crippen molar-refractivity contribution in [2.45, 2.75) is 52.4 Å². The van der Waals surface area contributed by atoms with E-state index in [-0.39, 0.29) is 40.9 Å². The third kappa shape index (κ3) is 6.12. The molecule has 0 bridgehead atoms. The Balaban J connectivity index is 1.60. The Morgan fingerprint density at radius 1 is 0.935 bits per heavy atom. The SMILES string of the molecule is CN1C(=O)N(c2ccc(NCC3=CC=CS3=N)c3c2OC(=O)/C=C/C(=O)O3)C(=O)/C1=C\c1cc(C(C)(C)C)c(O)c(C(C)(C)C)c1. The first-order valence-corrected chi connectivity index (χ1v) is 15.8. The van der Waals surface area contributed by atoms with Crippen LogP contribution in [0.4, 0.5) is 16.2 Å². The fourth-order valence-corrected chi connectivity index (χ4v) is 6.05. The molecule has 1 atom stereocenters. The van der Waals surface area contributed by atoms with Gasteiger partial charge in [-0.05, 0) is 58.2 Å². The Morgan fingerprint density at radius 2 is 1.52 bits per heavy atom. The number of allylic oxidation sites excluding steroid dienone is 2. The topological polar surface area (TPSA) is 149 Å². The van der Waals surface area contributed by atoms with Gasteiger partial charge >= 0.3 is 18.0 Å². The van der Waals surface area contributed by atoms with E-state index in [1.54, 1.807) is 29.7 Å². The van der Waals surface area contributed by atoms with Crippen molar-refractivity contribution in [2.24, 2.45) is 0 Å². The molecule has 3 heterocycles. The molecule has 46 heavy (non-hydrogen) atoms. The molecule has 0 saturated carbocycles. The predicted octanol–water partition coefficient (Wildman–Crippen LogP) is 6.01. The minimum Gasteiger partial charge on any atom is -0.507 e. The number of ether oxygens (including phenoxy) is 2. The molecular formula is C34H36N4O7S. The molecule has 3 N–H and O–H groups in total. The third-order valence-corrected chi connectivity index (χ3v) is 8.91. The largest absolute Gasteiger partial charge is 0.507 e.